The van der Waals surface area contributed by atoms with Crippen molar-refractivity contribution in [3.05, 3.63) is 0 Å². The molecule has 0 saturated carbocycles. The summed E-state index contributed by atoms with van der Waals surface area (Å²) in [6.07, 6.45) is 4.98. The largest absolute Gasteiger partial charge is 0.340 e. The van der Waals surface area contributed by atoms with Gasteiger partial charge in [0.1, 0.15) is 0 Å². The van der Waals surface area contributed by atoms with Crippen molar-refractivity contribution in [2.24, 2.45) is 0 Å². The Labute approximate surface area is 102 Å². The second-order valence-corrected chi connectivity index (χ2v) is 6.08. The zero-order valence-electron chi connectivity index (χ0n) is 10.1. The lowest BCUT2D eigenvalue weighted by Gasteiger charge is -2.26. The van der Waals surface area contributed by atoms with E-state index in [1.54, 1.807) is 0 Å². The predicted molar refractivity (Wildman–Crippen MR) is 68.8 cm³/mol. The van der Waals surface area contributed by atoms with E-state index in [2.05, 4.69) is 28.9 Å². The van der Waals surface area contributed by atoms with Crippen LogP contribution < -0.4 is 5.32 Å². The summed E-state index contributed by atoms with van der Waals surface area (Å²) in [5.74, 6) is 1.61. The maximum absolute atomic E-state index is 12.0. The summed E-state index contributed by atoms with van der Waals surface area (Å²) in [6.45, 7) is 4.88. The number of nitrogens with one attached hydrogen (secondary N) is 1. The third-order valence-corrected chi connectivity index (χ3v) is 4.83. The normalized spacial score (nSPS) is 31.1. The first-order valence-electron chi connectivity index (χ1n) is 6.45. The summed E-state index contributed by atoms with van der Waals surface area (Å²) < 4.78 is 0. The molecule has 0 aliphatic carbocycles. The Bertz CT molecular complexity index is 241. The highest BCUT2D eigenvalue weighted by atomic mass is 32.2. The first-order valence-corrected chi connectivity index (χ1v) is 7.50. The van der Waals surface area contributed by atoms with E-state index in [1.165, 1.54) is 25.0 Å². The highest BCUT2D eigenvalue weighted by Crippen LogP contribution is 2.27. The van der Waals surface area contributed by atoms with Gasteiger partial charge in [0, 0.05) is 18.3 Å². The van der Waals surface area contributed by atoms with Gasteiger partial charge in [0.25, 0.3) is 0 Å². The second-order valence-electron chi connectivity index (χ2n) is 4.67. The third-order valence-electron chi connectivity index (χ3n) is 3.45. The Hall–Kier alpha value is -0.220. The lowest BCUT2D eigenvalue weighted by Crippen LogP contribution is -2.40. The quantitative estimate of drug-likeness (QED) is 0.810. The van der Waals surface area contributed by atoms with E-state index < -0.39 is 0 Å². The number of thioether (sulfide) groups is 1. The number of carbonyl (C=O) groups is 1. The van der Waals surface area contributed by atoms with E-state index >= 15 is 0 Å². The van der Waals surface area contributed by atoms with Crippen LogP contribution in [0.4, 0.5) is 0 Å². The van der Waals surface area contributed by atoms with Gasteiger partial charge in [-0.25, -0.2) is 0 Å². The number of hydrogen-bond donors (Lipinski definition) is 1. The van der Waals surface area contributed by atoms with Crippen LogP contribution in [0.1, 0.15) is 32.6 Å². The molecule has 2 heterocycles. The molecule has 0 aromatic heterocycles. The third kappa shape index (κ3) is 2.92. The summed E-state index contributed by atoms with van der Waals surface area (Å²) in [5, 5.41) is 3.96. The Morgan fingerprint density at radius 2 is 2.31 bits per heavy atom. The van der Waals surface area contributed by atoms with Gasteiger partial charge < -0.3 is 10.2 Å². The van der Waals surface area contributed by atoms with Crippen molar-refractivity contribution in [3.8, 4) is 0 Å². The van der Waals surface area contributed by atoms with Crippen LogP contribution in [0.3, 0.4) is 0 Å². The van der Waals surface area contributed by atoms with E-state index in [-0.39, 0.29) is 6.04 Å². The van der Waals surface area contributed by atoms with Gasteiger partial charge in [0.2, 0.25) is 5.91 Å². The van der Waals surface area contributed by atoms with Crippen molar-refractivity contribution in [1.82, 2.24) is 10.2 Å². The summed E-state index contributed by atoms with van der Waals surface area (Å²) in [5.41, 5.74) is 0. The molecule has 0 aromatic carbocycles. The Morgan fingerprint density at radius 1 is 1.44 bits per heavy atom. The molecule has 1 amide bonds. The fraction of sp³-hybridized carbons (Fsp3) is 0.917. The number of rotatable bonds is 4. The van der Waals surface area contributed by atoms with Gasteiger partial charge in [-0.2, -0.15) is 11.8 Å². The van der Waals surface area contributed by atoms with Crippen LogP contribution in [0, 0.1) is 0 Å². The molecular formula is C12H22N2OS. The van der Waals surface area contributed by atoms with E-state index in [9.17, 15) is 4.79 Å². The number of hydrogen-bond acceptors (Lipinski definition) is 3. The molecule has 2 saturated heterocycles. The Kier molecular flexibility index (Phi) is 4.53. The fourth-order valence-corrected chi connectivity index (χ4v) is 3.88. The van der Waals surface area contributed by atoms with Crippen LogP contribution in [0.25, 0.3) is 0 Å². The molecule has 2 atom stereocenters. The van der Waals surface area contributed by atoms with Crippen LogP contribution in [0.2, 0.25) is 0 Å². The molecule has 0 bridgehead atoms. The minimum atomic E-state index is 0.0959. The smallest absolute Gasteiger partial charge is 0.239 e. The average Bonchev–Trinajstić information content (AvgIpc) is 2.64. The van der Waals surface area contributed by atoms with Crippen molar-refractivity contribution in [2.45, 2.75) is 43.9 Å². The zero-order valence-corrected chi connectivity index (χ0v) is 10.9. The molecule has 0 aromatic rings. The molecule has 92 valence electrons. The van der Waals surface area contributed by atoms with Crippen molar-refractivity contribution < 1.29 is 4.79 Å². The van der Waals surface area contributed by atoms with E-state index in [0.717, 1.165) is 26.1 Å². The molecule has 2 aliphatic heterocycles. The minimum Gasteiger partial charge on any atom is -0.340 e. The Morgan fingerprint density at radius 3 is 3.00 bits per heavy atom. The lowest BCUT2D eigenvalue weighted by atomic mass is 10.2. The van der Waals surface area contributed by atoms with Gasteiger partial charge in [-0.3, -0.25) is 4.79 Å². The summed E-state index contributed by atoms with van der Waals surface area (Å²) in [4.78, 5) is 14.1. The van der Waals surface area contributed by atoms with E-state index in [1.807, 2.05) is 0 Å². The number of carbonyl (C=O) groups excluding carboxylic acids is 1. The van der Waals surface area contributed by atoms with Crippen molar-refractivity contribution in [1.29, 1.82) is 0 Å². The molecule has 1 N–H and O–H groups in total. The number of amides is 1. The summed E-state index contributed by atoms with van der Waals surface area (Å²) in [6, 6.07) is 0.0959. The van der Waals surface area contributed by atoms with Gasteiger partial charge in [-0.05, 0) is 31.6 Å². The minimum absolute atomic E-state index is 0.0959. The zero-order chi connectivity index (χ0) is 11.4. The fourth-order valence-electron chi connectivity index (χ4n) is 2.55. The number of likely N-dealkylation sites (tertiary alicyclic amines) is 1. The summed E-state index contributed by atoms with van der Waals surface area (Å²) in [7, 11) is 0. The second kappa shape index (κ2) is 5.92. The lowest BCUT2D eigenvalue weighted by molar-refractivity contribution is -0.129. The maximum atomic E-state index is 12.0. The van der Waals surface area contributed by atoms with Crippen LogP contribution in [-0.4, -0.2) is 47.5 Å². The SMILES string of the molecule is CCNC1CCN(CC2CCCCS2)C1=O. The number of likely N-dealkylation sites (N-methyl/N-ethyl adjacent to an activating group) is 1. The van der Waals surface area contributed by atoms with Gasteiger partial charge >= 0.3 is 0 Å². The maximum Gasteiger partial charge on any atom is 0.239 e. The topological polar surface area (TPSA) is 32.3 Å². The monoisotopic (exact) mass is 242 g/mol. The standard InChI is InChI=1S/C12H22N2OS/c1-2-13-11-6-7-14(12(11)15)9-10-5-3-4-8-16-10/h10-11,13H,2-9H2,1H3. The predicted octanol–water partition coefficient (Wildman–Crippen LogP) is 1.48. The first kappa shape index (κ1) is 12.2. The van der Waals surface area contributed by atoms with Crippen molar-refractivity contribution >= 4 is 17.7 Å². The van der Waals surface area contributed by atoms with Gasteiger partial charge in [-0.1, -0.05) is 13.3 Å². The van der Waals surface area contributed by atoms with Crippen LogP contribution >= 0.6 is 11.8 Å². The van der Waals surface area contributed by atoms with Gasteiger partial charge in [0.05, 0.1) is 6.04 Å². The highest BCUT2D eigenvalue weighted by Gasteiger charge is 2.32. The van der Waals surface area contributed by atoms with Crippen molar-refractivity contribution in [3.63, 3.8) is 0 Å². The van der Waals surface area contributed by atoms with Crippen LogP contribution in [-0.2, 0) is 4.79 Å². The molecule has 4 heteroatoms. The first-order chi connectivity index (χ1) is 7.81. The Balaban J connectivity index is 1.79. The van der Waals surface area contributed by atoms with Crippen LogP contribution in [0.15, 0.2) is 0 Å². The van der Waals surface area contributed by atoms with Gasteiger partial charge in [0.15, 0.2) is 0 Å². The molecule has 2 unspecified atom stereocenters. The molecule has 2 rings (SSSR count). The molecular weight excluding hydrogens is 220 g/mol. The molecule has 2 fully saturated rings. The highest BCUT2D eigenvalue weighted by molar-refractivity contribution is 7.99. The van der Waals surface area contributed by atoms with E-state index in [4.69, 9.17) is 0 Å². The van der Waals surface area contributed by atoms with E-state index in [0.29, 0.717) is 11.2 Å². The van der Waals surface area contributed by atoms with Crippen molar-refractivity contribution in [2.75, 3.05) is 25.4 Å². The molecule has 0 spiro atoms. The molecule has 3 nitrogen and oxygen atoms in total. The molecule has 0 radical (unpaired) electrons. The molecule has 2 aliphatic rings. The van der Waals surface area contributed by atoms with Gasteiger partial charge in [-0.15, -0.1) is 0 Å². The van der Waals surface area contributed by atoms with Crippen LogP contribution in [0.5, 0.6) is 0 Å². The molecule has 16 heavy (non-hydrogen) atoms. The average molecular weight is 242 g/mol. The summed E-state index contributed by atoms with van der Waals surface area (Å²) >= 11 is 2.05. The number of nitrogens with zero attached hydrogens (tertiary/aromatic N) is 1.